The summed E-state index contributed by atoms with van der Waals surface area (Å²) in [6.07, 6.45) is 1.86. The number of carbonyl (C=O) groups excluding carboxylic acids is 3. The fourth-order valence-electron chi connectivity index (χ4n) is 1.98. The Kier molecular flexibility index (Phi) is 12.2. The predicted molar refractivity (Wildman–Crippen MR) is 107 cm³/mol. The van der Waals surface area contributed by atoms with Gasteiger partial charge in [0.15, 0.2) is 0 Å². The third-order valence-corrected chi connectivity index (χ3v) is 5.62. The SMILES string of the molecule is CC(=O)CCC(C)(OCCC(C)(C)OCCNC(=O)CCC(N)=O)SS. The molecule has 3 N–H and O–H groups in total. The van der Waals surface area contributed by atoms with Crippen molar-refractivity contribution < 1.29 is 23.9 Å². The quantitative estimate of drug-likeness (QED) is 0.166. The van der Waals surface area contributed by atoms with Crippen molar-refractivity contribution >= 4 is 40.1 Å². The molecule has 152 valence electrons. The molecule has 1 atom stereocenters. The van der Waals surface area contributed by atoms with Crippen LogP contribution in [0.1, 0.15) is 59.8 Å². The van der Waals surface area contributed by atoms with Gasteiger partial charge >= 0.3 is 0 Å². The van der Waals surface area contributed by atoms with E-state index in [0.717, 1.165) is 0 Å². The van der Waals surface area contributed by atoms with Crippen LogP contribution in [0.5, 0.6) is 0 Å². The number of hydrogen-bond donors (Lipinski definition) is 3. The van der Waals surface area contributed by atoms with Crippen LogP contribution in [0.25, 0.3) is 0 Å². The molecule has 0 fully saturated rings. The zero-order chi connectivity index (χ0) is 20.2. The Balaban J connectivity index is 4.04. The third-order valence-electron chi connectivity index (χ3n) is 3.75. The van der Waals surface area contributed by atoms with E-state index in [-0.39, 0.29) is 24.5 Å². The number of ether oxygens (including phenoxy) is 2. The minimum atomic E-state index is -0.515. The maximum absolute atomic E-state index is 11.5. The fraction of sp³-hybridized carbons (Fsp3) is 0.824. The Labute approximate surface area is 165 Å². The normalized spacial score (nSPS) is 13.9. The van der Waals surface area contributed by atoms with Crippen LogP contribution in [-0.2, 0) is 23.9 Å². The van der Waals surface area contributed by atoms with Crippen molar-refractivity contribution in [1.29, 1.82) is 0 Å². The van der Waals surface area contributed by atoms with Crippen molar-refractivity contribution in [3.63, 3.8) is 0 Å². The Hall–Kier alpha value is -0.770. The lowest BCUT2D eigenvalue weighted by molar-refractivity contribution is -0.125. The van der Waals surface area contributed by atoms with Gasteiger partial charge in [-0.05, 0) is 40.5 Å². The molecule has 0 aliphatic rings. The first kappa shape index (κ1) is 25.2. The van der Waals surface area contributed by atoms with Crippen LogP contribution in [0.3, 0.4) is 0 Å². The van der Waals surface area contributed by atoms with E-state index >= 15 is 0 Å². The summed E-state index contributed by atoms with van der Waals surface area (Å²) in [5, 5.41) is 2.68. The molecule has 0 aromatic heterocycles. The highest BCUT2D eigenvalue weighted by molar-refractivity contribution is 8.69. The molecule has 0 aliphatic carbocycles. The van der Waals surface area contributed by atoms with E-state index in [1.165, 1.54) is 10.8 Å². The number of carbonyl (C=O) groups is 3. The van der Waals surface area contributed by atoms with E-state index in [9.17, 15) is 14.4 Å². The van der Waals surface area contributed by atoms with E-state index in [1.807, 2.05) is 20.8 Å². The van der Waals surface area contributed by atoms with Crippen molar-refractivity contribution in [3.05, 3.63) is 0 Å². The predicted octanol–water partition coefficient (Wildman–Crippen LogP) is 2.23. The molecule has 1 unspecified atom stereocenters. The number of primary amides is 1. The summed E-state index contributed by atoms with van der Waals surface area (Å²) >= 11 is 4.25. The zero-order valence-electron chi connectivity index (χ0n) is 16.1. The van der Waals surface area contributed by atoms with Crippen molar-refractivity contribution in [2.75, 3.05) is 19.8 Å². The monoisotopic (exact) mass is 408 g/mol. The summed E-state index contributed by atoms with van der Waals surface area (Å²) in [5.74, 6) is -0.587. The van der Waals surface area contributed by atoms with Gasteiger partial charge in [0.05, 0.1) is 18.8 Å². The lowest BCUT2D eigenvalue weighted by Crippen LogP contribution is -2.34. The summed E-state index contributed by atoms with van der Waals surface area (Å²) in [7, 11) is 1.29. The zero-order valence-corrected chi connectivity index (χ0v) is 17.8. The first-order chi connectivity index (χ1) is 12.0. The average molecular weight is 409 g/mol. The molecule has 0 aliphatic heterocycles. The fourth-order valence-corrected chi connectivity index (χ4v) is 2.74. The summed E-state index contributed by atoms with van der Waals surface area (Å²) in [6.45, 7) is 8.58. The molecule has 26 heavy (non-hydrogen) atoms. The lowest BCUT2D eigenvalue weighted by Gasteiger charge is -2.30. The molecule has 7 nitrogen and oxygen atoms in total. The maximum Gasteiger partial charge on any atom is 0.220 e. The Morgan fingerprint density at radius 1 is 1.04 bits per heavy atom. The van der Waals surface area contributed by atoms with Gasteiger partial charge in [-0.25, -0.2) is 0 Å². The Morgan fingerprint density at radius 3 is 2.23 bits per heavy atom. The molecular weight excluding hydrogens is 376 g/mol. The minimum absolute atomic E-state index is 0.0427. The number of amides is 2. The minimum Gasteiger partial charge on any atom is -0.374 e. The van der Waals surface area contributed by atoms with Crippen LogP contribution in [0, 0.1) is 0 Å². The van der Waals surface area contributed by atoms with Crippen LogP contribution in [0.15, 0.2) is 0 Å². The van der Waals surface area contributed by atoms with E-state index in [1.54, 1.807) is 6.92 Å². The van der Waals surface area contributed by atoms with Crippen LogP contribution < -0.4 is 11.1 Å². The first-order valence-corrected chi connectivity index (χ1v) is 10.5. The second-order valence-electron chi connectivity index (χ2n) is 6.95. The van der Waals surface area contributed by atoms with Gasteiger partial charge in [0.1, 0.15) is 10.7 Å². The second kappa shape index (κ2) is 12.6. The lowest BCUT2D eigenvalue weighted by atomic mass is 10.1. The number of thiol groups is 1. The maximum atomic E-state index is 11.5. The largest absolute Gasteiger partial charge is 0.374 e. The highest BCUT2D eigenvalue weighted by atomic mass is 33.1. The van der Waals surface area contributed by atoms with Crippen molar-refractivity contribution in [1.82, 2.24) is 5.32 Å². The van der Waals surface area contributed by atoms with E-state index in [2.05, 4.69) is 17.0 Å². The van der Waals surface area contributed by atoms with Gasteiger partial charge in [-0.15, -0.1) is 11.7 Å². The molecule has 2 amide bonds. The number of ketones is 1. The molecule has 0 aromatic rings. The summed E-state index contributed by atoms with van der Waals surface area (Å²) in [5.41, 5.74) is 4.58. The van der Waals surface area contributed by atoms with Crippen LogP contribution in [-0.4, -0.2) is 47.9 Å². The molecule has 9 heteroatoms. The highest BCUT2D eigenvalue weighted by Gasteiger charge is 2.27. The van der Waals surface area contributed by atoms with Gasteiger partial charge in [0.25, 0.3) is 0 Å². The number of nitrogens with one attached hydrogen (secondary N) is 1. The molecule has 0 aromatic carbocycles. The smallest absolute Gasteiger partial charge is 0.220 e. The molecular formula is C17H32N2O5S2. The van der Waals surface area contributed by atoms with Gasteiger partial charge < -0.3 is 25.3 Å². The van der Waals surface area contributed by atoms with Gasteiger partial charge in [-0.3, -0.25) is 9.59 Å². The van der Waals surface area contributed by atoms with Crippen molar-refractivity contribution in [3.8, 4) is 0 Å². The van der Waals surface area contributed by atoms with Crippen molar-refractivity contribution in [2.24, 2.45) is 5.73 Å². The van der Waals surface area contributed by atoms with Crippen LogP contribution in [0.4, 0.5) is 0 Å². The van der Waals surface area contributed by atoms with Gasteiger partial charge in [0.2, 0.25) is 11.8 Å². The number of nitrogens with two attached hydrogens (primary N) is 1. The summed E-state index contributed by atoms with van der Waals surface area (Å²) in [6, 6.07) is 0. The van der Waals surface area contributed by atoms with Crippen molar-refractivity contribution in [2.45, 2.75) is 70.3 Å². The van der Waals surface area contributed by atoms with E-state index in [0.29, 0.717) is 39.0 Å². The number of hydrogen-bond acceptors (Lipinski definition) is 7. The standard InChI is InChI=1S/C17H32N2O5S2/c1-13(20)7-8-17(4,26-25)24-11-9-16(2,3)23-12-10-19-15(22)6-5-14(18)21/h25H,5-12H2,1-4H3,(H2,18,21)(H,19,22). The Morgan fingerprint density at radius 2 is 1.69 bits per heavy atom. The van der Waals surface area contributed by atoms with E-state index < -0.39 is 16.4 Å². The summed E-state index contributed by atoms with van der Waals surface area (Å²) in [4.78, 5) is 32.7. The molecule has 0 saturated carbocycles. The Bertz CT molecular complexity index is 474. The molecule has 0 bridgehead atoms. The molecule has 0 radical (unpaired) electrons. The number of Topliss-reactive ketones (excluding diaryl/α,β-unsaturated/α-hetero) is 1. The van der Waals surface area contributed by atoms with Crippen LogP contribution in [0.2, 0.25) is 0 Å². The van der Waals surface area contributed by atoms with Gasteiger partial charge in [-0.1, -0.05) is 10.8 Å². The van der Waals surface area contributed by atoms with Gasteiger partial charge in [-0.2, -0.15) is 0 Å². The topological polar surface area (TPSA) is 108 Å². The molecule has 0 rings (SSSR count). The van der Waals surface area contributed by atoms with Crippen LogP contribution >= 0.6 is 22.5 Å². The number of rotatable bonds is 15. The first-order valence-electron chi connectivity index (χ1n) is 8.64. The third kappa shape index (κ3) is 13.4. The van der Waals surface area contributed by atoms with Gasteiger partial charge in [0, 0.05) is 25.8 Å². The molecule has 0 spiro atoms. The molecule has 0 saturated heterocycles. The molecule has 0 heterocycles. The van der Waals surface area contributed by atoms with E-state index in [4.69, 9.17) is 15.2 Å². The highest BCUT2D eigenvalue weighted by Crippen LogP contribution is 2.34. The average Bonchev–Trinajstić information content (AvgIpc) is 2.55. The summed E-state index contributed by atoms with van der Waals surface area (Å²) < 4.78 is 11.7. The second-order valence-corrected chi connectivity index (χ2v) is 8.54.